The minimum Gasteiger partial charge on any atom is -0.475 e. The van der Waals surface area contributed by atoms with Crippen molar-refractivity contribution in [2.75, 3.05) is 26.3 Å². The number of hydrogen-bond donors (Lipinski definition) is 2. The van der Waals surface area contributed by atoms with Crippen molar-refractivity contribution in [2.45, 2.75) is 56.0 Å². The van der Waals surface area contributed by atoms with E-state index in [1.165, 1.54) is 12.4 Å². The molecule has 12 nitrogen and oxygen atoms in total. The number of fused-ring (bicyclic) bond motifs is 1. The topological polar surface area (TPSA) is 151 Å². The van der Waals surface area contributed by atoms with Gasteiger partial charge in [-0.2, -0.15) is 33.5 Å². The number of nitrogens with zero attached hydrogens (tertiary/aromatic N) is 8. The van der Waals surface area contributed by atoms with Crippen molar-refractivity contribution in [2.24, 2.45) is 0 Å². The number of H-pyrrole nitrogens is 1. The van der Waals surface area contributed by atoms with Crippen molar-refractivity contribution >= 4 is 11.0 Å². The SMILES string of the molecule is N#CCC1(n2cc(-c3ncnc4[nH]ccc34)cn2)CN([C@H]2CC[C@@H](Oc3cc(OCCO)nc(C(F)(F)F)n3)CC2)C1. The van der Waals surface area contributed by atoms with Gasteiger partial charge >= 0.3 is 6.18 Å². The number of hydrogen-bond acceptors (Lipinski definition) is 10. The second-order valence-electron chi connectivity index (χ2n) is 10.6. The number of aliphatic hydroxyl groups excluding tert-OH is 1. The molecule has 0 atom stereocenters. The molecule has 0 unspecified atom stereocenters. The number of aromatic amines is 1. The number of likely N-dealkylation sites (tertiary alicyclic amines) is 1. The molecule has 220 valence electrons. The highest BCUT2D eigenvalue weighted by Crippen LogP contribution is 2.39. The van der Waals surface area contributed by atoms with Gasteiger partial charge in [-0.25, -0.2) is 9.97 Å². The maximum atomic E-state index is 13.3. The summed E-state index contributed by atoms with van der Waals surface area (Å²) in [7, 11) is 0. The molecule has 1 aliphatic carbocycles. The average molecular weight is 584 g/mol. The van der Waals surface area contributed by atoms with Crippen LogP contribution in [0.4, 0.5) is 13.2 Å². The molecule has 0 aromatic carbocycles. The second-order valence-corrected chi connectivity index (χ2v) is 10.6. The van der Waals surface area contributed by atoms with Gasteiger partial charge in [0.15, 0.2) is 0 Å². The maximum absolute atomic E-state index is 13.3. The van der Waals surface area contributed by atoms with Crippen LogP contribution in [0.2, 0.25) is 0 Å². The molecular formula is C27H28F3N9O3. The Bertz CT molecular complexity index is 1580. The Morgan fingerprint density at radius 2 is 1.93 bits per heavy atom. The van der Waals surface area contributed by atoms with Crippen molar-refractivity contribution in [1.29, 1.82) is 5.26 Å². The molecule has 4 aromatic rings. The average Bonchev–Trinajstić information content (AvgIpc) is 3.64. The molecule has 0 bridgehead atoms. The van der Waals surface area contributed by atoms with E-state index in [-0.39, 0.29) is 37.1 Å². The fourth-order valence-corrected chi connectivity index (χ4v) is 5.77. The molecule has 2 fully saturated rings. The largest absolute Gasteiger partial charge is 0.475 e. The number of nitriles is 1. The molecule has 5 heterocycles. The molecule has 6 rings (SSSR count). The Labute approximate surface area is 238 Å². The predicted octanol–water partition coefficient (Wildman–Crippen LogP) is 3.32. The van der Waals surface area contributed by atoms with Crippen LogP contribution >= 0.6 is 0 Å². The second kappa shape index (κ2) is 11.2. The quantitative estimate of drug-likeness (QED) is 0.300. The molecule has 2 aliphatic rings. The lowest BCUT2D eigenvalue weighted by Gasteiger charge is -2.53. The number of rotatable bonds is 9. The molecule has 1 aliphatic heterocycles. The first-order chi connectivity index (χ1) is 20.3. The summed E-state index contributed by atoms with van der Waals surface area (Å²) in [6.07, 6.45) is 5.10. The minimum atomic E-state index is -4.76. The van der Waals surface area contributed by atoms with E-state index in [2.05, 4.69) is 41.0 Å². The summed E-state index contributed by atoms with van der Waals surface area (Å²) in [6.45, 7) is 0.763. The van der Waals surface area contributed by atoms with E-state index in [0.717, 1.165) is 35.1 Å². The fraction of sp³-hybridized carbons (Fsp3) is 0.481. The highest BCUT2D eigenvalue weighted by atomic mass is 19.4. The number of alkyl halides is 3. The molecular weight excluding hydrogens is 555 g/mol. The van der Waals surface area contributed by atoms with Gasteiger partial charge in [-0.3, -0.25) is 9.58 Å². The van der Waals surface area contributed by atoms with Crippen LogP contribution in [0.15, 0.2) is 37.1 Å². The normalized spacial score (nSPS) is 20.6. The Morgan fingerprint density at radius 1 is 1.14 bits per heavy atom. The van der Waals surface area contributed by atoms with E-state index < -0.39 is 17.5 Å². The van der Waals surface area contributed by atoms with Crippen molar-refractivity contribution in [1.82, 2.24) is 39.6 Å². The summed E-state index contributed by atoms with van der Waals surface area (Å²) in [4.78, 5) is 21.0. The van der Waals surface area contributed by atoms with Crippen molar-refractivity contribution in [3.8, 4) is 29.1 Å². The van der Waals surface area contributed by atoms with Crippen LogP contribution < -0.4 is 9.47 Å². The number of aliphatic hydroxyl groups is 1. The maximum Gasteiger partial charge on any atom is 0.451 e. The summed E-state index contributed by atoms with van der Waals surface area (Å²) in [5.41, 5.74) is 1.90. The number of nitrogens with one attached hydrogen (secondary N) is 1. The monoisotopic (exact) mass is 583 g/mol. The summed E-state index contributed by atoms with van der Waals surface area (Å²) in [5.74, 6) is -1.86. The van der Waals surface area contributed by atoms with E-state index in [9.17, 15) is 18.4 Å². The zero-order valence-electron chi connectivity index (χ0n) is 22.5. The van der Waals surface area contributed by atoms with Crippen LogP contribution in [-0.4, -0.2) is 83.2 Å². The van der Waals surface area contributed by atoms with E-state index in [0.29, 0.717) is 32.4 Å². The standard InChI is InChI=1S/C27H28F3N9O3/c28-27(29,30)25-36-21(41-10-9-40)11-22(37-25)42-19-3-1-18(2-4-19)38-14-26(15-38,6-7-31)39-13-17(12-35-39)23-20-5-8-32-24(20)34-16-33-23/h5,8,11-13,16,18-19,40H,1-4,6,9-10,14-15H2,(H,32,33,34)/t18-,19+. The zero-order valence-corrected chi connectivity index (χ0v) is 22.5. The third kappa shape index (κ3) is 5.47. The fourth-order valence-electron chi connectivity index (χ4n) is 5.77. The van der Waals surface area contributed by atoms with Crippen molar-refractivity contribution in [3.05, 3.63) is 42.9 Å². The predicted molar refractivity (Wildman–Crippen MR) is 141 cm³/mol. The van der Waals surface area contributed by atoms with Gasteiger partial charge in [-0.05, 0) is 31.7 Å². The Kier molecular flexibility index (Phi) is 7.42. The van der Waals surface area contributed by atoms with Crippen LogP contribution in [0.1, 0.15) is 37.9 Å². The Morgan fingerprint density at radius 3 is 2.67 bits per heavy atom. The molecule has 1 saturated carbocycles. The molecule has 4 aromatic heterocycles. The first-order valence-electron chi connectivity index (χ1n) is 13.6. The number of aromatic nitrogens is 7. The summed E-state index contributed by atoms with van der Waals surface area (Å²) in [6, 6.07) is 5.71. The summed E-state index contributed by atoms with van der Waals surface area (Å²) >= 11 is 0. The molecule has 1 saturated heterocycles. The van der Waals surface area contributed by atoms with Crippen molar-refractivity contribution in [3.63, 3.8) is 0 Å². The van der Waals surface area contributed by atoms with Crippen LogP contribution in [0.25, 0.3) is 22.3 Å². The first kappa shape index (κ1) is 27.9. The van der Waals surface area contributed by atoms with E-state index in [1.807, 2.05) is 23.1 Å². The van der Waals surface area contributed by atoms with E-state index in [4.69, 9.17) is 14.6 Å². The van der Waals surface area contributed by atoms with Gasteiger partial charge in [0.2, 0.25) is 17.6 Å². The lowest BCUT2D eigenvalue weighted by atomic mass is 9.82. The molecule has 42 heavy (non-hydrogen) atoms. The van der Waals surface area contributed by atoms with E-state index >= 15 is 0 Å². The smallest absolute Gasteiger partial charge is 0.451 e. The van der Waals surface area contributed by atoms with E-state index in [1.54, 1.807) is 6.20 Å². The van der Waals surface area contributed by atoms with Gasteiger partial charge in [0.25, 0.3) is 0 Å². The molecule has 0 amide bonds. The summed E-state index contributed by atoms with van der Waals surface area (Å²) < 4.78 is 52.6. The molecule has 0 spiro atoms. The lowest BCUT2D eigenvalue weighted by molar-refractivity contribution is -0.145. The van der Waals surface area contributed by atoms with Gasteiger partial charge in [-0.15, -0.1) is 0 Å². The summed E-state index contributed by atoms with van der Waals surface area (Å²) in [5, 5.41) is 24.1. The lowest BCUT2D eigenvalue weighted by Crippen LogP contribution is -2.65. The third-order valence-corrected chi connectivity index (χ3v) is 7.82. The van der Waals surface area contributed by atoms with Gasteiger partial charge in [0.1, 0.15) is 30.2 Å². The Hall–Kier alpha value is -4.29. The highest BCUT2D eigenvalue weighted by Gasteiger charge is 2.48. The van der Waals surface area contributed by atoms with Gasteiger partial charge in [0, 0.05) is 42.5 Å². The van der Waals surface area contributed by atoms with Crippen LogP contribution in [-0.2, 0) is 11.7 Å². The van der Waals surface area contributed by atoms with Crippen LogP contribution in [0.5, 0.6) is 11.8 Å². The molecule has 0 radical (unpaired) electrons. The highest BCUT2D eigenvalue weighted by molar-refractivity contribution is 5.90. The molecule has 15 heteroatoms. The van der Waals surface area contributed by atoms with Gasteiger partial charge in [0.05, 0.1) is 37.1 Å². The van der Waals surface area contributed by atoms with Crippen molar-refractivity contribution < 1.29 is 27.8 Å². The number of ether oxygens (including phenoxy) is 2. The Balaban J connectivity index is 1.09. The van der Waals surface area contributed by atoms with Crippen LogP contribution in [0, 0.1) is 11.3 Å². The first-order valence-corrected chi connectivity index (χ1v) is 13.6. The van der Waals surface area contributed by atoms with Gasteiger partial charge < -0.3 is 19.6 Å². The minimum absolute atomic E-state index is 0.195. The van der Waals surface area contributed by atoms with Gasteiger partial charge in [-0.1, -0.05) is 0 Å². The zero-order chi connectivity index (χ0) is 29.3. The molecule has 2 N–H and O–H groups in total. The third-order valence-electron chi connectivity index (χ3n) is 7.82. The number of halogens is 3. The van der Waals surface area contributed by atoms with Crippen LogP contribution in [0.3, 0.4) is 0 Å².